The van der Waals surface area contributed by atoms with Gasteiger partial charge in [0.15, 0.2) is 5.69 Å². The highest BCUT2D eigenvalue weighted by Gasteiger charge is 2.29. The lowest BCUT2D eigenvalue weighted by molar-refractivity contribution is -0.137. The molecule has 0 unspecified atom stereocenters. The molecule has 0 fully saturated rings. The van der Waals surface area contributed by atoms with E-state index in [1.807, 2.05) is 0 Å². The zero-order chi connectivity index (χ0) is 15.6. The SMILES string of the molecule is O=C(O)c1nnn(CCC(F)(F)F)c1-c1ccc(F)cc1. The molecule has 5 nitrogen and oxygen atoms in total. The van der Waals surface area contributed by atoms with Crippen molar-refractivity contribution in [3.8, 4) is 11.3 Å². The van der Waals surface area contributed by atoms with Crippen molar-refractivity contribution in [2.75, 3.05) is 0 Å². The van der Waals surface area contributed by atoms with E-state index in [9.17, 15) is 22.4 Å². The third kappa shape index (κ3) is 3.56. The molecule has 0 saturated heterocycles. The number of alkyl halides is 3. The number of halogens is 4. The van der Waals surface area contributed by atoms with Crippen LogP contribution in [0.5, 0.6) is 0 Å². The van der Waals surface area contributed by atoms with E-state index >= 15 is 0 Å². The molecule has 9 heteroatoms. The van der Waals surface area contributed by atoms with Gasteiger partial charge in [0.25, 0.3) is 0 Å². The van der Waals surface area contributed by atoms with Gasteiger partial charge in [-0.05, 0) is 24.3 Å². The number of aromatic carboxylic acids is 1. The summed E-state index contributed by atoms with van der Waals surface area (Å²) in [5.74, 6) is -1.97. The lowest BCUT2D eigenvalue weighted by Crippen LogP contribution is -2.14. The summed E-state index contributed by atoms with van der Waals surface area (Å²) in [5.41, 5.74) is -0.350. The van der Waals surface area contributed by atoms with Gasteiger partial charge in [0, 0.05) is 5.56 Å². The lowest BCUT2D eigenvalue weighted by Gasteiger charge is -2.09. The molecule has 0 aliphatic carbocycles. The highest BCUT2D eigenvalue weighted by molar-refractivity contribution is 5.92. The third-order valence-electron chi connectivity index (χ3n) is 2.66. The van der Waals surface area contributed by atoms with E-state index in [1.54, 1.807) is 0 Å². The summed E-state index contributed by atoms with van der Waals surface area (Å²) in [6.45, 7) is -0.573. The molecule has 0 radical (unpaired) electrons. The second-order valence-corrected chi connectivity index (χ2v) is 4.19. The van der Waals surface area contributed by atoms with E-state index in [0.717, 1.165) is 16.8 Å². The lowest BCUT2D eigenvalue weighted by atomic mass is 10.1. The fourth-order valence-electron chi connectivity index (χ4n) is 1.74. The monoisotopic (exact) mass is 303 g/mol. The first-order valence-electron chi connectivity index (χ1n) is 5.77. The Hall–Kier alpha value is -2.45. The molecule has 0 amide bonds. The smallest absolute Gasteiger partial charge is 0.390 e. The first-order chi connectivity index (χ1) is 9.78. The van der Waals surface area contributed by atoms with Crippen molar-refractivity contribution in [1.29, 1.82) is 0 Å². The normalized spacial score (nSPS) is 11.6. The molecule has 0 aliphatic heterocycles. The number of nitrogens with zero attached hydrogens (tertiary/aromatic N) is 3. The van der Waals surface area contributed by atoms with Crippen LogP contribution in [0.4, 0.5) is 17.6 Å². The number of carboxylic acids is 1. The number of hydrogen-bond acceptors (Lipinski definition) is 3. The molecule has 0 atom stereocenters. The summed E-state index contributed by atoms with van der Waals surface area (Å²) in [4.78, 5) is 11.1. The largest absolute Gasteiger partial charge is 0.476 e. The van der Waals surface area contributed by atoms with Crippen molar-refractivity contribution < 1.29 is 27.5 Å². The van der Waals surface area contributed by atoms with Crippen molar-refractivity contribution in [3.63, 3.8) is 0 Å². The molecule has 1 aromatic carbocycles. The van der Waals surface area contributed by atoms with Crippen molar-refractivity contribution in [3.05, 3.63) is 35.8 Å². The predicted octanol–water partition coefficient (Wildman–Crippen LogP) is 2.73. The molecule has 1 aromatic heterocycles. The van der Waals surface area contributed by atoms with Gasteiger partial charge in [0.1, 0.15) is 11.5 Å². The summed E-state index contributed by atoms with van der Waals surface area (Å²) in [6, 6.07) is 4.65. The van der Waals surface area contributed by atoms with Gasteiger partial charge in [-0.15, -0.1) is 5.10 Å². The minimum absolute atomic E-state index is 0.0910. The van der Waals surface area contributed by atoms with Crippen molar-refractivity contribution >= 4 is 5.97 Å². The summed E-state index contributed by atoms with van der Waals surface area (Å²) < 4.78 is 50.5. The maximum atomic E-state index is 12.9. The van der Waals surface area contributed by atoms with Gasteiger partial charge >= 0.3 is 12.1 Å². The highest BCUT2D eigenvalue weighted by Crippen LogP contribution is 2.25. The van der Waals surface area contributed by atoms with Gasteiger partial charge in [-0.25, -0.2) is 13.9 Å². The molecule has 21 heavy (non-hydrogen) atoms. The van der Waals surface area contributed by atoms with Gasteiger partial charge in [-0.2, -0.15) is 13.2 Å². The molecule has 112 valence electrons. The second-order valence-electron chi connectivity index (χ2n) is 4.19. The van der Waals surface area contributed by atoms with Crippen LogP contribution < -0.4 is 0 Å². The van der Waals surface area contributed by atoms with Crippen LogP contribution in [0, 0.1) is 5.82 Å². The standard InChI is InChI=1S/C12H9F4N3O2/c13-8-3-1-7(2-4-8)10-9(11(20)21)17-18-19(10)6-5-12(14,15)16/h1-4H,5-6H2,(H,20,21). The van der Waals surface area contributed by atoms with E-state index in [-0.39, 0.29) is 11.3 Å². The van der Waals surface area contributed by atoms with Crippen LogP contribution in [0.25, 0.3) is 11.3 Å². The van der Waals surface area contributed by atoms with Crippen LogP contribution in [-0.4, -0.2) is 32.2 Å². The Morgan fingerprint density at radius 2 is 1.86 bits per heavy atom. The Kier molecular flexibility index (Phi) is 3.92. The molecule has 1 N–H and O–H groups in total. The zero-order valence-corrected chi connectivity index (χ0v) is 10.4. The van der Waals surface area contributed by atoms with E-state index in [2.05, 4.69) is 10.3 Å². The topological polar surface area (TPSA) is 68.0 Å². The first kappa shape index (κ1) is 14.9. The van der Waals surface area contributed by atoms with E-state index in [1.165, 1.54) is 12.1 Å². The summed E-state index contributed by atoms with van der Waals surface area (Å²) >= 11 is 0. The minimum Gasteiger partial charge on any atom is -0.476 e. The third-order valence-corrected chi connectivity index (χ3v) is 2.66. The summed E-state index contributed by atoms with van der Waals surface area (Å²) in [5, 5.41) is 15.8. The molecular weight excluding hydrogens is 294 g/mol. The Morgan fingerprint density at radius 1 is 1.24 bits per heavy atom. The summed E-state index contributed by atoms with van der Waals surface area (Å²) in [7, 11) is 0. The van der Waals surface area contributed by atoms with Crippen molar-refractivity contribution in [2.45, 2.75) is 19.1 Å². The van der Waals surface area contributed by atoms with E-state index in [0.29, 0.717) is 0 Å². The maximum Gasteiger partial charge on any atom is 0.390 e. The number of aromatic nitrogens is 3. The van der Waals surface area contributed by atoms with Gasteiger partial charge in [0.2, 0.25) is 0 Å². The Labute approximate surface area is 115 Å². The molecule has 0 spiro atoms. The highest BCUT2D eigenvalue weighted by atomic mass is 19.4. The van der Waals surface area contributed by atoms with Gasteiger partial charge in [0.05, 0.1) is 13.0 Å². The van der Waals surface area contributed by atoms with Crippen molar-refractivity contribution in [2.24, 2.45) is 0 Å². The minimum atomic E-state index is -4.41. The average molecular weight is 303 g/mol. The molecule has 0 saturated carbocycles. The molecule has 0 bridgehead atoms. The van der Waals surface area contributed by atoms with Crippen LogP contribution in [0.2, 0.25) is 0 Å². The number of carboxylic acid groups (broad SMARTS) is 1. The van der Waals surface area contributed by atoms with Crippen molar-refractivity contribution in [1.82, 2.24) is 15.0 Å². The van der Waals surface area contributed by atoms with Crippen LogP contribution in [0.15, 0.2) is 24.3 Å². The molecule has 0 aliphatic rings. The van der Waals surface area contributed by atoms with Gasteiger partial charge in [-0.1, -0.05) is 5.21 Å². The van der Waals surface area contributed by atoms with Crippen LogP contribution in [0.3, 0.4) is 0 Å². The Bertz CT molecular complexity index is 650. The fourth-order valence-corrected chi connectivity index (χ4v) is 1.74. The molecule has 1 heterocycles. The maximum absolute atomic E-state index is 12.9. The van der Waals surface area contributed by atoms with Crippen LogP contribution >= 0.6 is 0 Å². The van der Waals surface area contributed by atoms with E-state index in [4.69, 9.17) is 5.11 Å². The predicted molar refractivity (Wildman–Crippen MR) is 63.0 cm³/mol. The first-order valence-corrected chi connectivity index (χ1v) is 5.77. The number of hydrogen-bond donors (Lipinski definition) is 1. The molecule has 2 rings (SSSR count). The molecule has 2 aromatic rings. The van der Waals surface area contributed by atoms with Gasteiger partial charge < -0.3 is 5.11 Å². The number of carbonyl (C=O) groups is 1. The van der Waals surface area contributed by atoms with E-state index < -0.39 is 36.6 Å². The zero-order valence-electron chi connectivity index (χ0n) is 10.4. The fraction of sp³-hybridized carbons (Fsp3) is 0.250. The van der Waals surface area contributed by atoms with Crippen LogP contribution in [0.1, 0.15) is 16.9 Å². The average Bonchev–Trinajstić information content (AvgIpc) is 2.80. The number of aryl methyl sites for hydroxylation is 1. The van der Waals surface area contributed by atoms with Gasteiger partial charge in [-0.3, -0.25) is 0 Å². The summed E-state index contributed by atoms with van der Waals surface area (Å²) in [6.07, 6.45) is -5.58. The number of rotatable bonds is 4. The second kappa shape index (κ2) is 5.51. The number of benzene rings is 1. The quantitative estimate of drug-likeness (QED) is 0.882. The molecular formula is C12H9F4N3O2. The van der Waals surface area contributed by atoms with Crippen LogP contribution in [-0.2, 0) is 6.54 Å². The Morgan fingerprint density at radius 3 is 2.38 bits per heavy atom. The Balaban J connectivity index is 2.42.